The van der Waals surface area contributed by atoms with Crippen molar-refractivity contribution >= 4 is 45.5 Å². The van der Waals surface area contributed by atoms with Crippen molar-refractivity contribution in [3.8, 4) is 17.4 Å². The number of nitrogens with zero attached hydrogens (tertiary/aromatic N) is 6. The number of hydrogen-bond donors (Lipinski definition) is 1. The van der Waals surface area contributed by atoms with E-state index in [0.29, 0.717) is 16.6 Å². The van der Waals surface area contributed by atoms with Crippen molar-refractivity contribution in [2.24, 2.45) is 0 Å². The Kier molecular flexibility index (Phi) is 5.63. The normalized spacial score (nSPS) is 10.6. The third-order valence-corrected chi connectivity index (χ3v) is 4.86. The number of hydrogen-bond acceptors (Lipinski definition) is 8. The monoisotopic (exact) mass is 469 g/mol. The molecule has 0 saturated carbocycles. The second-order valence-electron chi connectivity index (χ2n) is 6.49. The number of benzene rings is 2. The van der Waals surface area contributed by atoms with Crippen molar-refractivity contribution in [2.45, 2.75) is 0 Å². The summed E-state index contributed by atoms with van der Waals surface area (Å²) in [5.41, 5.74) is 0.302. The molecule has 4 aromatic rings. The Bertz CT molecular complexity index is 1450. The van der Waals surface area contributed by atoms with Gasteiger partial charge < -0.3 is 14.8 Å². The maximum Gasteiger partial charge on any atom is 0.307 e. The van der Waals surface area contributed by atoms with Crippen LogP contribution in [0.4, 0.5) is 27.4 Å². The van der Waals surface area contributed by atoms with Gasteiger partial charge in [-0.15, -0.1) is 5.10 Å². The second kappa shape index (κ2) is 8.56. The Morgan fingerprint density at radius 3 is 2.73 bits per heavy atom. The number of methoxy groups -OCH3 is 2. The van der Waals surface area contributed by atoms with Gasteiger partial charge in [-0.3, -0.25) is 10.1 Å². The summed E-state index contributed by atoms with van der Waals surface area (Å²) in [5.74, 6) is -0.608. The highest BCUT2D eigenvalue weighted by Gasteiger charge is 2.21. The van der Waals surface area contributed by atoms with Crippen LogP contribution in [0.2, 0.25) is 5.02 Å². The first-order valence-corrected chi connectivity index (χ1v) is 9.50. The zero-order valence-electron chi connectivity index (χ0n) is 17.0. The van der Waals surface area contributed by atoms with E-state index in [4.69, 9.17) is 27.6 Å². The minimum atomic E-state index is -1.05. The number of fused-ring (bicyclic) bond motifs is 1. The van der Waals surface area contributed by atoms with Crippen LogP contribution < -0.4 is 14.8 Å². The molecule has 1 N–H and O–H groups in total. The molecule has 13 heteroatoms. The van der Waals surface area contributed by atoms with Crippen molar-refractivity contribution in [3.05, 3.63) is 68.9 Å². The molecule has 0 aliphatic rings. The summed E-state index contributed by atoms with van der Waals surface area (Å²) in [4.78, 5) is 22.1. The average Bonchev–Trinajstić information content (AvgIpc) is 3.18. The molecule has 0 amide bonds. The summed E-state index contributed by atoms with van der Waals surface area (Å²) in [6.07, 6.45) is 1.31. The number of nitro benzene ring substituents is 1. The van der Waals surface area contributed by atoms with Gasteiger partial charge in [-0.2, -0.15) is 9.37 Å². The van der Waals surface area contributed by atoms with Crippen LogP contribution >= 0.6 is 11.6 Å². The van der Waals surface area contributed by atoms with Gasteiger partial charge in [0.25, 0.3) is 0 Å². The molecule has 11 nitrogen and oxygen atoms in total. The number of nitrogens with one attached hydrogen (secondary N) is 1. The molecule has 166 valence electrons. The first-order valence-electron chi connectivity index (χ1n) is 9.12. The van der Waals surface area contributed by atoms with Gasteiger partial charge in [0.05, 0.1) is 48.5 Å². The van der Waals surface area contributed by atoms with E-state index in [1.54, 1.807) is 18.2 Å². The molecule has 0 bridgehead atoms. The summed E-state index contributed by atoms with van der Waals surface area (Å²) in [6.45, 7) is 7.21. The van der Waals surface area contributed by atoms with E-state index >= 15 is 0 Å². The summed E-state index contributed by atoms with van der Waals surface area (Å²) >= 11 is 6.32. The van der Waals surface area contributed by atoms with E-state index in [9.17, 15) is 14.5 Å². The fourth-order valence-electron chi connectivity index (χ4n) is 3.10. The van der Waals surface area contributed by atoms with Crippen molar-refractivity contribution in [2.75, 3.05) is 19.5 Å². The largest absolute Gasteiger partial charge is 0.494 e. The molecule has 0 radical (unpaired) electrons. The molecule has 0 spiro atoms. The Labute approximate surface area is 190 Å². The van der Waals surface area contributed by atoms with E-state index in [1.165, 1.54) is 25.1 Å². The number of halogens is 2. The van der Waals surface area contributed by atoms with Crippen LogP contribution in [-0.2, 0) is 0 Å². The molecule has 33 heavy (non-hydrogen) atoms. The van der Waals surface area contributed by atoms with Crippen molar-refractivity contribution < 1.29 is 18.8 Å². The molecule has 0 aliphatic heterocycles. The fraction of sp³-hybridized carbons (Fsp3) is 0.100. The molecule has 0 fully saturated rings. The van der Waals surface area contributed by atoms with Gasteiger partial charge in [-0.1, -0.05) is 17.7 Å². The molecular formula is C20H13ClFN7O4. The van der Waals surface area contributed by atoms with Crippen LogP contribution in [-0.4, -0.2) is 38.9 Å². The van der Waals surface area contributed by atoms with Gasteiger partial charge in [0.1, 0.15) is 10.8 Å². The minimum Gasteiger partial charge on any atom is -0.494 e. The zero-order chi connectivity index (χ0) is 23.7. The lowest BCUT2D eigenvalue weighted by atomic mass is 10.2. The smallest absolute Gasteiger partial charge is 0.307 e. The third-order valence-electron chi connectivity index (χ3n) is 4.59. The van der Waals surface area contributed by atoms with E-state index in [1.807, 2.05) is 0 Å². The van der Waals surface area contributed by atoms with Gasteiger partial charge in [0, 0.05) is 12.1 Å². The maximum atomic E-state index is 13.9. The molecule has 2 aromatic heterocycles. The highest BCUT2D eigenvalue weighted by molar-refractivity contribution is 6.32. The molecule has 0 unspecified atom stereocenters. The van der Waals surface area contributed by atoms with Crippen molar-refractivity contribution in [3.63, 3.8) is 0 Å². The number of nitro groups is 1. The quantitative estimate of drug-likeness (QED) is 0.242. The lowest BCUT2D eigenvalue weighted by molar-refractivity contribution is -0.387. The number of aromatic nitrogens is 4. The van der Waals surface area contributed by atoms with Crippen molar-refractivity contribution in [1.29, 1.82) is 0 Å². The lowest BCUT2D eigenvalue weighted by Gasteiger charge is -2.12. The van der Waals surface area contributed by atoms with Crippen LogP contribution in [0.5, 0.6) is 11.6 Å². The number of ether oxygens (including phenoxy) is 2. The van der Waals surface area contributed by atoms with E-state index in [-0.39, 0.29) is 34.1 Å². The standard InChI is InChI=1S/C20H13ClFN7O4/c1-23-10-4-5-15-11(6-10)19(33-3)27-28(15)18-12(21)9-24-20(26-18)25-14-8-16(29(30)31)13(22)7-17(14)32-2/h4-9H,2-3H3,(H,24,25,26). The molecule has 2 aromatic carbocycles. The number of rotatable bonds is 6. The van der Waals surface area contributed by atoms with E-state index in [0.717, 1.165) is 12.1 Å². The Morgan fingerprint density at radius 2 is 2.06 bits per heavy atom. The third kappa shape index (κ3) is 3.92. The van der Waals surface area contributed by atoms with Crippen LogP contribution in [0.1, 0.15) is 0 Å². The van der Waals surface area contributed by atoms with Gasteiger partial charge in [-0.05, 0) is 12.1 Å². The molecule has 4 rings (SSSR count). The first-order chi connectivity index (χ1) is 15.9. The Hall–Kier alpha value is -4.50. The van der Waals surface area contributed by atoms with Crippen LogP contribution in [0.15, 0.2) is 36.5 Å². The minimum absolute atomic E-state index is 0.00555. The van der Waals surface area contributed by atoms with Crippen LogP contribution in [0, 0.1) is 22.5 Å². The van der Waals surface area contributed by atoms with Crippen LogP contribution in [0.25, 0.3) is 21.6 Å². The SMILES string of the molecule is [C-]#[N+]c1ccc2c(c1)c(OC)nn2-c1nc(Nc2cc([N+](=O)[O-])c(F)cc2OC)ncc1Cl. The molecular weight excluding hydrogens is 457 g/mol. The predicted molar refractivity (Wildman–Crippen MR) is 117 cm³/mol. The molecule has 0 saturated heterocycles. The summed E-state index contributed by atoms with van der Waals surface area (Å²) in [5, 5.41) is 19.0. The predicted octanol–water partition coefficient (Wildman–Crippen LogP) is 4.83. The van der Waals surface area contributed by atoms with Crippen LogP contribution in [0.3, 0.4) is 0 Å². The Balaban J connectivity index is 1.82. The Morgan fingerprint density at radius 1 is 1.27 bits per heavy atom. The molecule has 0 aliphatic carbocycles. The van der Waals surface area contributed by atoms with E-state index < -0.39 is 16.4 Å². The van der Waals surface area contributed by atoms with Gasteiger partial charge in [0.2, 0.25) is 17.6 Å². The summed E-state index contributed by atoms with van der Waals surface area (Å²) in [7, 11) is 2.73. The highest BCUT2D eigenvalue weighted by Crippen LogP contribution is 2.35. The topological polar surface area (TPSA) is 122 Å². The van der Waals surface area contributed by atoms with Crippen molar-refractivity contribution in [1.82, 2.24) is 19.7 Å². The van der Waals surface area contributed by atoms with Gasteiger partial charge >= 0.3 is 5.69 Å². The lowest BCUT2D eigenvalue weighted by Crippen LogP contribution is -2.06. The van der Waals surface area contributed by atoms with Gasteiger partial charge in [-0.25, -0.2) is 14.5 Å². The highest BCUT2D eigenvalue weighted by atomic mass is 35.5. The first kappa shape index (κ1) is 21.7. The maximum absolute atomic E-state index is 13.9. The fourth-order valence-corrected chi connectivity index (χ4v) is 3.27. The second-order valence-corrected chi connectivity index (χ2v) is 6.89. The van der Waals surface area contributed by atoms with Gasteiger partial charge in [0.15, 0.2) is 11.5 Å². The molecule has 0 atom stereocenters. The molecule has 2 heterocycles. The zero-order valence-corrected chi connectivity index (χ0v) is 17.8. The summed E-state index contributed by atoms with van der Waals surface area (Å²) in [6, 6.07) is 6.78. The average molecular weight is 470 g/mol. The number of anilines is 2. The van der Waals surface area contributed by atoms with E-state index in [2.05, 4.69) is 25.2 Å². The summed E-state index contributed by atoms with van der Waals surface area (Å²) < 4.78 is 25.8.